The first-order valence-corrected chi connectivity index (χ1v) is 9.60. The molecule has 1 unspecified atom stereocenters. The number of likely N-dealkylation sites (N-methyl/N-ethyl adjacent to an activating group) is 1. The van der Waals surface area contributed by atoms with E-state index < -0.39 is 24.1 Å². The number of hydrazine groups is 1. The van der Waals surface area contributed by atoms with E-state index in [4.69, 9.17) is 0 Å². The molecule has 1 saturated carbocycles. The van der Waals surface area contributed by atoms with Crippen LogP contribution < -0.4 is 15.6 Å². The molecule has 1 fully saturated rings. The highest BCUT2D eigenvalue weighted by atomic mass is 19.4. The third kappa shape index (κ3) is 4.31. The maximum atomic E-state index is 14.9. The van der Waals surface area contributed by atoms with Crippen molar-refractivity contribution in [1.29, 1.82) is 0 Å². The van der Waals surface area contributed by atoms with Crippen LogP contribution in [0.5, 0.6) is 0 Å². The Kier molecular flexibility index (Phi) is 5.29. The molecule has 0 radical (unpaired) electrons. The van der Waals surface area contributed by atoms with Gasteiger partial charge in [-0.2, -0.15) is 13.2 Å². The number of anilines is 3. The monoisotopic (exact) mass is 436 g/mol. The van der Waals surface area contributed by atoms with Gasteiger partial charge in [-0.15, -0.1) is 0 Å². The Morgan fingerprint density at radius 1 is 1.23 bits per heavy atom. The molecule has 1 atom stereocenters. The number of halogens is 4. The summed E-state index contributed by atoms with van der Waals surface area (Å²) < 4.78 is 55.1. The summed E-state index contributed by atoms with van der Waals surface area (Å²) >= 11 is 0. The number of alkyl halides is 3. The average Bonchev–Trinajstić information content (AvgIpc) is 3.46. The molecule has 1 aliphatic heterocycles. The molecule has 2 aliphatic rings. The highest BCUT2D eigenvalue weighted by molar-refractivity contribution is 6.00. The molecule has 1 aromatic carbocycles. The Labute approximate surface area is 175 Å². The molecule has 0 spiro atoms. The standard InChI is InChI=1S/C20H20F4N6O/c1-11-15(9-25-10-26-11)28-19(31)27-13-5-6-16(14(21)7-13)30-17(12-3-4-12)8-18(29(30)2)20(22,23)24/h5-10,12,18H,3-4H2,1-2H3,(H2,27,28,31). The minimum absolute atomic E-state index is 0.00865. The Hall–Kier alpha value is -3.21. The normalized spacial score (nSPS) is 19.4. The van der Waals surface area contributed by atoms with Crippen molar-refractivity contribution in [3.63, 3.8) is 0 Å². The minimum atomic E-state index is -4.47. The summed E-state index contributed by atoms with van der Waals surface area (Å²) in [4.78, 5) is 20.0. The summed E-state index contributed by atoms with van der Waals surface area (Å²) in [6, 6.07) is 1.42. The van der Waals surface area contributed by atoms with Crippen molar-refractivity contribution in [2.75, 3.05) is 22.7 Å². The van der Waals surface area contributed by atoms with Gasteiger partial charge < -0.3 is 10.6 Å². The summed E-state index contributed by atoms with van der Waals surface area (Å²) in [5.41, 5.74) is 1.54. The first-order chi connectivity index (χ1) is 14.6. The van der Waals surface area contributed by atoms with Gasteiger partial charge in [0, 0.05) is 24.4 Å². The number of amides is 2. The zero-order valence-electron chi connectivity index (χ0n) is 16.7. The molecule has 2 heterocycles. The lowest BCUT2D eigenvalue weighted by Crippen LogP contribution is -2.46. The maximum absolute atomic E-state index is 14.9. The molecule has 11 heteroatoms. The quantitative estimate of drug-likeness (QED) is 0.693. The van der Waals surface area contributed by atoms with Crippen LogP contribution in [0.1, 0.15) is 18.5 Å². The molecular formula is C20H20F4N6O. The molecule has 2 aromatic rings. The second kappa shape index (κ2) is 7.80. The summed E-state index contributed by atoms with van der Waals surface area (Å²) in [6.45, 7) is 1.69. The van der Waals surface area contributed by atoms with Crippen molar-refractivity contribution in [3.05, 3.63) is 54.0 Å². The van der Waals surface area contributed by atoms with Gasteiger partial charge in [-0.05, 0) is 44.0 Å². The molecule has 0 saturated heterocycles. The molecule has 31 heavy (non-hydrogen) atoms. The van der Waals surface area contributed by atoms with E-state index in [1.807, 2.05) is 0 Å². The summed E-state index contributed by atoms with van der Waals surface area (Å²) in [5.74, 6) is -0.771. The molecule has 2 N–H and O–H groups in total. The molecule has 1 aromatic heterocycles. The number of nitrogens with zero attached hydrogens (tertiary/aromatic N) is 4. The van der Waals surface area contributed by atoms with Crippen LogP contribution in [0.4, 0.5) is 39.4 Å². The van der Waals surface area contributed by atoms with Crippen molar-refractivity contribution < 1.29 is 22.4 Å². The molecule has 2 amide bonds. The maximum Gasteiger partial charge on any atom is 0.409 e. The van der Waals surface area contributed by atoms with E-state index in [2.05, 4.69) is 20.6 Å². The van der Waals surface area contributed by atoms with Crippen LogP contribution in [0.3, 0.4) is 0 Å². The number of hydrogen-bond donors (Lipinski definition) is 2. The SMILES string of the molecule is Cc1ncncc1NC(=O)Nc1ccc(N2C(C3CC3)=CC(C(F)(F)F)N2C)c(F)c1. The Bertz CT molecular complexity index is 1040. The molecule has 4 rings (SSSR count). The van der Waals surface area contributed by atoms with E-state index in [1.165, 1.54) is 36.7 Å². The van der Waals surface area contributed by atoms with E-state index >= 15 is 0 Å². The van der Waals surface area contributed by atoms with Crippen molar-refractivity contribution in [3.8, 4) is 0 Å². The highest BCUT2D eigenvalue weighted by Gasteiger charge is 2.50. The highest BCUT2D eigenvalue weighted by Crippen LogP contribution is 2.46. The van der Waals surface area contributed by atoms with Gasteiger partial charge in [0.05, 0.1) is 23.3 Å². The lowest BCUT2D eigenvalue weighted by molar-refractivity contribution is -0.164. The predicted octanol–water partition coefficient (Wildman–Crippen LogP) is 4.46. The molecule has 7 nitrogen and oxygen atoms in total. The number of urea groups is 1. The number of benzene rings is 1. The number of aryl methyl sites for hydroxylation is 1. The number of allylic oxidation sites excluding steroid dienone is 1. The van der Waals surface area contributed by atoms with Gasteiger partial charge in [0.2, 0.25) is 0 Å². The number of carbonyl (C=O) groups is 1. The van der Waals surface area contributed by atoms with E-state index in [9.17, 15) is 22.4 Å². The lowest BCUT2D eigenvalue weighted by atomic mass is 10.2. The molecular weight excluding hydrogens is 416 g/mol. The van der Waals surface area contributed by atoms with Gasteiger partial charge >= 0.3 is 12.2 Å². The van der Waals surface area contributed by atoms with E-state index in [0.29, 0.717) is 17.1 Å². The van der Waals surface area contributed by atoms with Crippen LogP contribution in [-0.2, 0) is 0 Å². The van der Waals surface area contributed by atoms with Gasteiger partial charge in [-0.3, -0.25) is 5.01 Å². The van der Waals surface area contributed by atoms with Crippen LogP contribution in [0, 0.1) is 18.7 Å². The minimum Gasteiger partial charge on any atom is -0.308 e. The van der Waals surface area contributed by atoms with Crippen LogP contribution in [-0.4, -0.2) is 40.3 Å². The van der Waals surface area contributed by atoms with Crippen molar-refractivity contribution in [2.45, 2.75) is 32.0 Å². The number of carbonyl (C=O) groups excluding carboxylic acids is 1. The van der Waals surface area contributed by atoms with Gasteiger partial charge in [0.15, 0.2) is 0 Å². The third-order valence-electron chi connectivity index (χ3n) is 5.22. The summed E-state index contributed by atoms with van der Waals surface area (Å²) in [5, 5.41) is 7.32. The second-order valence-electron chi connectivity index (χ2n) is 7.50. The van der Waals surface area contributed by atoms with Gasteiger partial charge in [-0.25, -0.2) is 24.2 Å². The third-order valence-corrected chi connectivity index (χ3v) is 5.22. The summed E-state index contributed by atoms with van der Waals surface area (Å²) in [6.07, 6.45) is 0.989. The predicted molar refractivity (Wildman–Crippen MR) is 107 cm³/mol. The smallest absolute Gasteiger partial charge is 0.308 e. The number of rotatable bonds is 4. The zero-order chi connectivity index (χ0) is 22.3. The number of nitrogens with one attached hydrogen (secondary N) is 2. The number of aromatic nitrogens is 2. The second-order valence-corrected chi connectivity index (χ2v) is 7.50. The zero-order valence-corrected chi connectivity index (χ0v) is 16.7. The molecule has 1 aliphatic carbocycles. The van der Waals surface area contributed by atoms with Crippen LogP contribution >= 0.6 is 0 Å². The van der Waals surface area contributed by atoms with Gasteiger partial charge in [0.1, 0.15) is 18.2 Å². The van der Waals surface area contributed by atoms with E-state index in [-0.39, 0.29) is 17.3 Å². The first kappa shape index (κ1) is 21.0. The largest absolute Gasteiger partial charge is 0.409 e. The van der Waals surface area contributed by atoms with Crippen molar-refractivity contribution >= 4 is 23.1 Å². The van der Waals surface area contributed by atoms with Crippen molar-refractivity contribution in [1.82, 2.24) is 15.0 Å². The van der Waals surface area contributed by atoms with E-state index in [0.717, 1.165) is 30.0 Å². The van der Waals surface area contributed by atoms with E-state index in [1.54, 1.807) is 6.92 Å². The lowest BCUT2D eigenvalue weighted by Gasteiger charge is -2.33. The summed E-state index contributed by atoms with van der Waals surface area (Å²) in [7, 11) is 1.29. The topological polar surface area (TPSA) is 73.4 Å². The Morgan fingerprint density at radius 3 is 2.58 bits per heavy atom. The fourth-order valence-electron chi connectivity index (χ4n) is 3.50. The van der Waals surface area contributed by atoms with Gasteiger partial charge in [0.25, 0.3) is 0 Å². The van der Waals surface area contributed by atoms with Crippen LogP contribution in [0.2, 0.25) is 0 Å². The average molecular weight is 436 g/mol. The molecule has 164 valence electrons. The fraction of sp³-hybridized carbons (Fsp3) is 0.350. The number of hydrogen-bond acceptors (Lipinski definition) is 5. The first-order valence-electron chi connectivity index (χ1n) is 9.60. The van der Waals surface area contributed by atoms with Crippen molar-refractivity contribution in [2.24, 2.45) is 5.92 Å². The Balaban J connectivity index is 1.53. The Morgan fingerprint density at radius 2 is 1.97 bits per heavy atom. The molecule has 0 bridgehead atoms. The van der Waals surface area contributed by atoms with Crippen LogP contribution in [0.15, 0.2) is 42.5 Å². The fourth-order valence-corrected chi connectivity index (χ4v) is 3.50. The van der Waals surface area contributed by atoms with Gasteiger partial charge in [-0.1, -0.05) is 0 Å². The van der Waals surface area contributed by atoms with Crippen LogP contribution in [0.25, 0.3) is 0 Å².